The van der Waals surface area contributed by atoms with Crippen LogP contribution >= 0.6 is 0 Å². The van der Waals surface area contributed by atoms with E-state index in [0.29, 0.717) is 26.2 Å². The molecule has 1 amide bonds. The number of carbonyl (C=O) groups excluding carboxylic acids is 1. The van der Waals surface area contributed by atoms with E-state index in [0.717, 1.165) is 19.3 Å². The predicted octanol–water partition coefficient (Wildman–Crippen LogP) is 1.88. The van der Waals surface area contributed by atoms with Crippen LogP contribution in [0.3, 0.4) is 0 Å². The molecule has 1 aromatic carbocycles. The Kier molecular flexibility index (Phi) is 8.67. The van der Waals surface area contributed by atoms with E-state index < -0.39 is 0 Å². The molecule has 1 aromatic rings. The van der Waals surface area contributed by atoms with E-state index >= 15 is 0 Å². The first-order chi connectivity index (χ1) is 9.68. The number of nitrogens with two attached hydrogens (primary N) is 1. The Balaban J connectivity index is 1.93. The van der Waals surface area contributed by atoms with Crippen LogP contribution in [0.15, 0.2) is 30.3 Å². The lowest BCUT2D eigenvalue weighted by atomic mass is 10.2. The first-order valence-electron chi connectivity index (χ1n) is 7.32. The molecule has 1 rings (SSSR count). The van der Waals surface area contributed by atoms with Gasteiger partial charge in [0.05, 0.1) is 6.61 Å². The lowest BCUT2D eigenvalue weighted by molar-refractivity contribution is -0.121. The molecule has 0 spiro atoms. The number of nitrogens with one attached hydrogen (secondary N) is 1. The normalized spacial score (nSPS) is 12.1. The third-order valence-corrected chi connectivity index (χ3v) is 2.99. The molecule has 0 heterocycles. The zero-order valence-electron chi connectivity index (χ0n) is 12.3. The molecule has 112 valence electrons. The van der Waals surface area contributed by atoms with Crippen molar-refractivity contribution in [3.63, 3.8) is 0 Å². The number of benzene rings is 1. The van der Waals surface area contributed by atoms with Crippen molar-refractivity contribution >= 4 is 5.91 Å². The third-order valence-electron chi connectivity index (χ3n) is 2.99. The van der Waals surface area contributed by atoms with Gasteiger partial charge in [0.1, 0.15) is 0 Å². The highest BCUT2D eigenvalue weighted by molar-refractivity contribution is 5.75. The fourth-order valence-electron chi connectivity index (χ4n) is 1.80. The molecule has 1 atom stereocenters. The third kappa shape index (κ3) is 8.67. The highest BCUT2D eigenvalue weighted by Gasteiger charge is 2.01. The van der Waals surface area contributed by atoms with Crippen LogP contribution in [0.25, 0.3) is 0 Å². The van der Waals surface area contributed by atoms with Gasteiger partial charge in [0.25, 0.3) is 0 Å². The Hall–Kier alpha value is -1.39. The van der Waals surface area contributed by atoms with Crippen LogP contribution in [0.4, 0.5) is 0 Å². The molecule has 4 nitrogen and oxygen atoms in total. The van der Waals surface area contributed by atoms with E-state index in [1.165, 1.54) is 5.56 Å². The van der Waals surface area contributed by atoms with Gasteiger partial charge in [-0.25, -0.2) is 0 Å². The highest BCUT2D eigenvalue weighted by atomic mass is 16.5. The van der Waals surface area contributed by atoms with E-state index in [1.54, 1.807) is 0 Å². The summed E-state index contributed by atoms with van der Waals surface area (Å²) in [5.41, 5.74) is 6.89. The second-order valence-electron chi connectivity index (χ2n) is 5.07. The fourth-order valence-corrected chi connectivity index (χ4v) is 1.80. The van der Waals surface area contributed by atoms with Gasteiger partial charge in [0, 0.05) is 25.6 Å². The molecule has 0 aliphatic heterocycles. The van der Waals surface area contributed by atoms with Crippen LogP contribution in [-0.2, 0) is 16.0 Å². The van der Waals surface area contributed by atoms with E-state index in [2.05, 4.69) is 17.4 Å². The number of hydrogen-bond donors (Lipinski definition) is 2. The number of ether oxygens (including phenoxy) is 1. The van der Waals surface area contributed by atoms with Crippen molar-refractivity contribution in [3.05, 3.63) is 35.9 Å². The molecule has 0 radical (unpaired) electrons. The van der Waals surface area contributed by atoms with Crippen molar-refractivity contribution in [2.75, 3.05) is 19.8 Å². The smallest absolute Gasteiger partial charge is 0.220 e. The Morgan fingerprint density at radius 1 is 1.30 bits per heavy atom. The Bertz CT molecular complexity index is 366. The molecule has 1 unspecified atom stereocenters. The van der Waals surface area contributed by atoms with Crippen LogP contribution in [0, 0.1) is 0 Å². The van der Waals surface area contributed by atoms with Crippen molar-refractivity contribution in [2.24, 2.45) is 5.73 Å². The Morgan fingerprint density at radius 2 is 2.05 bits per heavy atom. The van der Waals surface area contributed by atoms with Gasteiger partial charge in [-0.1, -0.05) is 30.3 Å². The summed E-state index contributed by atoms with van der Waals surface area (Å²) in [4.78, 5) is 11.5. The van der Waals surface area contributed by atoms with Gasteiger partial charge < -0.3 is 15.8 Å². The lowest BCUT2D eigenvalue weighted by Crippen LogP contribution is -2.28. The van der Waals surface area contributed by atoms with E-state index in [9.17, 15) is 4.79 Å². The quantitative estimate of drug-likeness (QED) is 0.642. The van der Waals surface area contributed by atoms with Crippen LogP contribution in [-0.4, -0.2) is 31.7 Å². The fraction of sp³-hybridized carbons (Fsp3) is 0.562. The van der Waals surface area contributed by atoms with E-state index in [1.807, 2.05) is 25.1 Å². The van der Waals surface area contributed by atoms with Gasteiger partial charge in [0.2, 0.25) is 5.91 Å². The van der Waals surface area contributed by atoms with Crippen LogP contribution in [0.2, 0.25) is 0 Å². The molecule has 0 saturated heterocycles. The van der Waals surface area contributed by atoms with Crippen LogP contribution in [0.1, 0.15) is 31.7 Å². The summed E-state index contributed by atoms with van der Waals surface area (Å²) in [7, 11) is 0. The van der Waals surface area contributed by atoms with Crippen molar-refractivity contribution in [1.29, 1.82) is 0 Å². The average Bonchev–Trinajstić information content (AvgIpc) is 2.43. The standard InChI is InChI=1S/C16H26N2O2/c1-14(17)9-11-18-16(19)8-5-12-20-13-10-15-6-3-2-4-7-15/h2-4,6-7,14H,5,8-13,17H2,1H3,(H,18,19). The van der Waals surface area contributed by atoms with Gasteiger partial charge >= 0.3 is 0 Å². The molecular formula is C16H26N2O2. The molecule has 4 heteroatoms. The summed E-state index contributed by atoms with van der Waals surface area (Å²) in [6.45, 7) is 3.93. The minimum Gasteiger partial charge on any atom is -0.381 e. The summed E-state index contributed by atoms with van der Waals surface area (Å²) in [6, 6.07) is 10.4. The molecule has 0 aromatic heterocycles. The monoisotopic (exact) mass is 278 g/mol. The molecule has 3 N–H and O–H groups in total. The molecule has 0 aliphatic rings. The molecular weight excluding hydrogens is 252 g/mol. The van der Waals surface area contributed by atoms with Gasteiger partial charge in [-0.2, -0.15) is 0 Å². The maximum atomic E-state index is 11.5. The molecule has 0 fully saturated rings. The largest absolute Gasteiger partial charge is 0.381 e. The van der Waals surface area contributed by atoms with Crippen LogP contribution < -0.4 is 11.1 Å². The van der Waals surface area contributed by atoms with Crippen molar-refractivity contribution in [1.82, 2.24) is 5.32 Å². The number of hydrogen-bond acceptors (Lipinski definition) is 3. The average molecular weight is 278 g/mol. The van der Waals surface area contributed by atoms with E-state index in [4.69, 9.17) is 10.5 Å². The highest BCUT2D eigenvalue weighted by Crippen LogP contribution is 2.00. The van der Waals surface area contributed by atoms with E-state index in [-0.39, 0.29) is 11.9 Å². The molecule has 0 saturated carbocycles. The SMILES string of the molecule is CC(N)CCNC(=O)CCCOCCc1ccccc1. The topological polar surface area (TPSA) is 64.3 Å². The summed E-state index contributed by atoms with van der Waals surface area (Å²) < 4.78 is 5.53. The number of carbonyl (C=O) groups is 1. The molecule has 0 aliphatic carbocycles. The summed E-state index contributed by atoms with van der Waals surface area (Å²) in [5.74, 6) is 0.0808. The van der Waals surface area contributed by atoms with Crippen molar-refractivity contribution in [3.8, 4) is 0 Å². The first-order valence-corrected chi connectivity index (χ1v) is 7.32. The Labute approximate surface area is 121 Å². The van der Waals surface area contributed by atoms with Gasteiger partial charge in [0.15, 0.2) is 0 Å². The summed E-state index contributed by atoms with van der Waals surface area (Å²) >= 11 is 0. The van der Waals surface area contributed by atoms with Gasteiger partial charge in [-0.3, -0.25) is 4.79 Å². The van der Waals surface area contributed by atoms with Crippen LogP contribution in [0.5, 0.6) is 0 Å². The maximum absolute atomic E-state index is 11.5. The van der Waals surface area contributed by atoms with Gasteiger partial charge in [-0.05, 0) is 31.7 Å². The first kappa shape index (κ1) is 16.7. The molecule has 20 heavy (non-hydrogen) atoms. The van der Waals surface area contributed by atoms with Crippen molar-refractivity contribution < 1.29 is 9.53 Å². The number of amides is 1. The lowest BCUT2D eigenvalue weighted by Gasteiger charge is -2.07. The number of rotatable bonds is 10. The van der Waals surface area contributed by atoms with Crippen molar-refractivity contribution in [2.45, 2.75) is 38.6 Å². The minimum atomic E-state index is 0.0808. The Morgan fingerprint density at radius 3 is 2.75 bits per heavy atom. The zero-order chi connectivity index (χ0) is 14.6. The maximum Gasteiger partial charge on any atom is 0.220 e. The predicted molar refractivity (Wildman–Crippen MR) is 81.5 cm³/mol. The molecule has 0 bridgehead atoms. The summed E-state index contributed by atoms with van der Waals surface area (Å²) in [6.07, 6.45) is 3.02. The minimum absolute atomic E-state index is 0.0808. The summed E-state index contributed by atoms with van der Waals surface area (Å²) in [5, 5.41) is 2.86. The van der Waals surface area contributed by atoms with Gasteiger partial charge in [-0.15, -0.1) is 0 Å². The second kappa shape index (κ2) is 10.4. The zero-order valence-corrected chi connectivity index (χ0v) is 12.3. The second-order valence-corrected chi connectivity index (χ2v) is 5.07.